The molecule has 35 heavy (non-hydrogen) atoms. The lowest BCUT2D eigenvalue weighted by Crippen LogP contribution is -2.51. The van der Waals surface area contributed by atoms with E-state index >= 15 is 0 Å². The number of fused-ring (bicyclic) bond motifs is 1. The van der Waals surface area contributed by atoms with Gasteiger partial charge in [0.05, 0.1) is 28.8 Å². The summed E-state index contributed by atoms with van der Waals surface area (Å²) in [5.41, 5.74) is 2.08. The summed E-state index contributed by atoms with van der Waals surface area (Å²) < 4.78 is 58.6. The Morgan fingerprint density at radius 2 is 1.91 bits per heavy atom. The first-order chi connectivity index (χ1) is 16.5. The number of piperazine rings is 1. The van der Waals surface area contributed by atoms with Crippen molar-refractivity contribution in [1.82, 2.24) is 9.88 Å². The van der Waals surface area contributed by atoms with E-state index in [1.54, 1.807) is 6.92 Å². The van der Waals surface area contributed by atoms with E-state index in [2.05, 4.69) is 20.9 Å². The molecule has 1 fully saturated rings. The third-order valence-electron chi connectivity index (χ3n) is 5.99. The SMILES string of the molecule is CCOC(=O)Cc1cc(C)cc(CN2CCN(c3nc4cc(F)c(C(F)(F)F)cc4s3)[C@H](C)C2)c1. The maximum Gasteiger partial charge on any atom is 0.419 e. The number of ether oxygens (including phenoxy) is 1. The van der Waals surface area contributed by atoms with Crippen molar-refractivity contribution < 1.29 is 27.1 Å². The monoisotopic (exact) mass is 509 g/mol. The maximum atomic E-state index is 14.0. The minimum atomic E-state index is -4.74. The number of hydrogen-bond acceptors (Lipinski definition) is 6. The second-order valence-electron chi connectivity index (χ2n) is 8.88. The van der Waals surface area contributed by atoms with Crippen LogP contribution in [0.15, 0.2) is 30.3 Å². The third kappa shape index (κ3) is 5.92. The van der Waals surface area contributed by atoms with Crippen LogP contribution in [0, 0.1) is 12.7 Å². The number of rotatable bonds is 6. The van der Waals surface area contributed by atoms with Gasteiger partial charge in [-0.15, -0.1) is 0 Å². The molecule has 0 aliphatic carbocycles. The van der Waals surface area contributed by atoms with Gasteiger partial charge in [-0.2, -0.15) is 13.2 Å². The summed E-state index contributed by atoms with van der Waals surface area (Å²) in [5.74, 6) is -1.55. The smallest absolute Gasteiger partial charge is 0.419 e. The molecule has 0 bridgehead atoms. The molecule has 5 nitrogen and oxygen atoms in total. The Bertz CT molecular complexity index is 1230. The summed E-state index contributed by atoms with van der Waals surface area (Å²) >= 11 is 1.15. The number of anilines is 1. The van der Waals surface area contributed by atoms with Gasteiger partial charge in [0.2, 0.25) is 0 Å². The molecule has 1 atom stereocenters. The zero-order chi connectivity index (χ0) is 25.3. The van der Waals surface area contributed by atoms with Crippen LogP contribution in [0.1, 0.15) is 36.1 Å². The van der Waals surface area contributed by atoms with Crippen LogP contribution in [0.25, 0.3) is 10.2 Å². The van der Waals surface area contributed by atoms with Crippen molar-refractivity contribution >= 4 is 32.7 Å². The number of aromatic nitrogens is 1. The van der Waals surface area contributed by atoms with E-state index in [1.165, 1.54) is 0 Å². The number of carbonyl (C=O) groups is 1. The highest BCUT2D eigenvalue weighted by atomic mass is 32.1. The lowest BCUT2D eigenvalue weighted by molar-refractivity contribution is -0.142. The van der Waals surface area contributed by atoms with Crippen molar-refractivity contribution in [2.75, 3.05) is 31.1 Å². The molecular weight excluding hydrogens is 482 g/mol. The standard InChI is InChI=1S/C25H27F4N3O2S/c1-4-34-23(33)10-17-7-15(2)8-18(9-17)14-31-5-6-32(16(3)13-31)24-30-21-12-20(26)19(25(27,28)29)11-22(21)35-24/h7-9,11-12,16H,4-6,10,13-14H2,1-3H3/t16-/m1/s1. The normalized spacial score (nSPS) is 17.2. The van der Waals surface area contributed by atoms with Gasteiger partial charge in [0.1, 0.15) is 5.82 Å². The van der Waals surface area contributed by atoms with Gasteiger partial charge in [0.15, 0.2) is 5.13 Å². The molecular formula is C25H27F4N3O2S. The molecule has 2 aromatic carbocycles. The third-order valence-corrected chi connectivity index (χ3v) is 7.04. The first-order valence-corrected chi connectivity index (χ1v) is 12.3. The molecule has 0 spiro atoms. The number of esters is 1. The Morgan fingerprint density at radius 1 is 1.17 bits per heavy atom. The topological polar surface area (TPSA) is 45.7 Å². The molecule has 0 N–H and O–H groups in total. The lowest BCUT2D eigenvalue weighted by Gasteiger charge is -2.39. The fourth-order valence-corrected chi connectivity index (χ4v) is 5.63. The van der Waals surface area contributed by atoms with E-state index in [9.17, 15) is 22.4 Å². The van der Waals surface area contributed by atoms with Crippen molar-refractivity contribution in [3.63, 3.8) is 0 Å². The molecule has 1 aromatic heterocycles. The highest BCUT2D eigenvalue weighted by molar-refractivity contribution is 7.22. The number of thiazole rings is 1. The Balaban J connectivity index is 1.45. The number of alkyl halides is 3. The average Bonchev–Trinajstić information content (AvgIpc) is 3.14. The van der Waals surface area contributed by atoms with E-state index in [0.29, 0.717) is 23.0 Å². The summed E-state index contributed by atoms with van der Waals surface area (Å²) in [4.78, 5) is 20.7. The molecule has 3 aromatic rings. The number of hydrogen-bond donors (Lipinski definition) is 0. The number of carbonyl (C=O) groups excluding carboxylic acids is 1. The largest absolute Gasteiger partial charge is 0.466 e. The van der Waals surface area contributed by atoms with Crippen molar-refractivity contribution in [3.8, 4) is 0 Å². The van der Waals surface area contributed by atoms with Gasteiger partial charge in [0.25, 0.3) is 0 Å². The van der Waals surface area contributed by atoms with E-state index in [1.807, 2.05) is 26.0 Å². The predicted molar refractivity (Wildman–Crippen MR) is 128 cm³/mol. The Labute approximate surface area is 205 Å². The molecule has 10 heteroatoms. The van der Waals surface area contributed by atoms with Crippen LogP contribution < -0.4 is 4.90 Å². The molecule has 0 saturated carbocycles. The number of benzene rings is 2. The Hall–Kier alpha value is -2.72. The zero-order valence-electron chi connectivity index (χ0n) is 19.8. The van der Waals surface area contributed by atoms with Crippen molar-refractivity contribution in [1.29, 1.82) is 0 Å². The van der Waals surface area contributed by atoms with Crippen LogP contribution in [-0.4, -0.2) is 48.1 Å². The van der Waals surface area contributed by atoms with Crippen molar-refractivity contribution in [2.45, 2.75) is 46.0 Å². The second kappa shape index (κ2) is 10.1. The zero-order valence-corrected chi connectivity index (χ0v) is 20.6. The van der Waals surface area contributed by atoms with Gasteiger partial charge >= 0.3 is 12.1 Å². The molecule has 1 aliphatic heterocycles. The summed E-state index contributed by atoms with van der Waals surface area (Å²) in [6, 6.07) is 7.90. The van der Waals surface area contributed by atoms with Gasteiger partial charge in [0, 0.05) is 38.3 Å². The highest BCUT2D eigenvalue weighted by Crippen LogP contribution is 2.38. The Kier molecular flexibility index (Phi) is 7.32. The first kappa shape index (κ1) is 25.4. The number of halogens is 4. The molecule has 0 unspecified atom stereocenters. The average molecular weight is 510 g/mol. The summed E-state index contributed by atoms with van der Waals surface area (Å²) in [6.07, 6.45) is -4.51. The quantitative estimate of drug-likeness (QED) is 0.321. The summed E-state index contributed by atoms with van der Waals surface area (Å²) in [6.45, 7) is 9.02. The maximum absolute atomic E-state index is 14.0. The Morgan fingerprint density at radius 3 is 2.60 bits per heavy atom. The lowest BCUT2D eigenvalue weighted by atomic mass is 10.0. The van der Waals surface area contributed by atoms with Gasteiger partial charge < -0.3 is 9.64 Å². The van der Waals surface area contributed by atoms with Crippen LogP contribution in [0.3, 0.4) is 0 Å². The van der Waals surface area contributed by atoms with Gasteiger partial charge in [-0.3, -0.25) is 9.69 Å². The fraction of sp³-hybridized carbons (Fsp3) is 0.440. The minimum absolute atomic E-state index is 0.0695. The molecule has 2 heterocycles. The molecule has 4 rings (SSSR count). The van der Waals surface area contributed by atoms with Crippen LogP contribution in [0.2, 0.25) is 0 Å². The molecule has 1 saturated heterocycles. The molecule has 0 amide bonds. The van der Waals surface area contributed by atoms with Crippen molar-refractivity contribution in [3.05, 3.63) is 58.4 Å². The van der Waals surface area contributed by atoms with Gasteiger partial charge in [-0.05, 0) is 38.0 Å². The van der Waals surface area contributed by atoms with Crippen molar-refractivity contribution in [2.24, 2.45) is 0 Å². The van der Waals surface area contributed by atoms with Crippen LogP contribution in [-0.2, 0) is 28.7 Å². The summed E-state index contributed by atoms with van der Waals surface area (Å²) in [7, 11) is 0. The van der Waals surface area contributed by atoms with Crippen LogP contribution >= 0.6 is 11.3 Å². The number of aryl methyl sites for hydroxylation is 1. The predicted octanol–water partition coefficient (Wildman–Crippen LogP) is 5.58. The molecule has 1 aliphatic rings. The molecule has 0 radical (unpaired) electrons. The second-order valence-corrected chi connectivity index (χ2v) is 9.89. The summed E-state index contributed by atoms with van der Waals surface area (Å²) in [5, 5.41) is 0.596. The first-order valence-electron chi connectivity index (χ1n) is 11.4. The fourth-order valence-electron chi connectivity index (χ4n) is 4.52. The highest BCUT2D eigenvalue weighted by Gasteiger charge is 2.35. The van der Waals surface area contributed by atoms with Gasteiger partial charge in [-0.1, -0.05) is 35.1 Å². The molecule has 188 valence electrons. The number of nitrogens with zero attached hydrogens (tertiary/aromatic N) is 3. The van der Waals surface area contributed by atoms with E-state index in [-0.39, 0.29) is 23.9 Å². The van der Waals surface area contributed by atoms with Crippen LogP contribution in [0.4, 0.5) is 22.7 Å². The minimum Gasteiger partial charge on any atom is -0.466 e. The van der Waals surface area contributed by atoms with E-state index < -0.39 is 17.6 Å². The van der Waals surface area contributed by atoms with Crippen LogP contribution in [0.5, 0.6) is 0 Å². The van der Waals surface area contributed by atoms with E-state index in [4.69, 9.17) is 4.74 Å². The van der Waals surface area contributed by atoms with E-state index in [0.717, 1.165) is 59.8 Å². The van der Waals surface area contributed by atoms with Gasteiger partial charge in [-0.25, -0.2) is 9.37 Å².